The Morgan fingerprint density at radius 3 is 3.00 bits per heavy atom. The molecular weight excluding hydrogens is 229 g/mol. The largest absolute Gasteiger partial charge is 0.383 e. The zero-order valence-corrected chi connectivity index (χ0v) is 9.09. The number of hydrogen-bond acceptors (Lipinski definition) is 4. The minimum absolute atomic E-state index is 0.274. The molecule has 2 rings (SSSR count). The molecule has 2 aromatic rings. The van der Waals surface area contributed by atoms with Crippen molar-refractivity contribution in [3.05, 3.63) is 34.3 Å². The predicted octanol–water partition coefficient (Wildman–Crippen LogP) is 1.73. The van der Waals surface area contributed by atoms with Gasteiger partial charge in [-0.1, -0.05) is 0 Å². The van der Waals surface area contributed by atoms with Crippen molar-refractivity contribution in [1.29, 1.82) is 0 Å². The monoisotopic (exact) mass is 239 g/mol. The van der Waals surface area contributed by atoms with E-state index in [1.165, 1.54) is 24.1 Å². The second-order valence-corrected chi connectivity index (χ2v) is 3.48. The fourth-order valence-electron chi connectivity index (χ4n) is 1.63. The number of aromatic nitrogens is 2. The van der Waals surface area contributed by atoms with Gasteiger partial charge in [-0.15, -0.1) is 0 Å². The molecule has 0 saturated heterocycles. The first-order valence-corrected chi connectivity index (χ1v) is 4.92. The molecular formula is C10H10FN3O3. The molecule has 0 atom stereocenters. The average molecular weight is 239 g/mol. The van der Waals surface area contributed by atoms with E-state index in [0.29, 0.717) is 24.1 Å². The second-order valence-electron chi connectivity index (χ2n) is 3.48. The first kappa shape index (κ1) is 11.5. The van der Waals surface area contributed by atoms with Crippen molar-refractivity contribution in [3.63, 3.8) is 0 Å². The van der Waals surface area contributed by atoms with Crippen molar-refractivity contribution in [2.75, 3.05) is 13.7 Å². The van der Waals surface area contributed by atoms with Gasteiger partial charge < -0.3 is 4.74 Å². The third-order valence-corrected chi connectivity index (χ3v) is 2.41. The van der Waals surface area contributed by atoms with Crippen LogP contribution >= 0.6 is 0 Å². The molecule has 7 heteroatoms. The summed E-state index contributed by atoms with van der Waals surface area (Å²) in [4.78, 5) is 10.2. The van der Waals surface area contributed by atoms with E-state index in [9.17, 15) is 14.5 Å². The first-order valence-electron chi connectivity index (χ1n) is 4.92. The van der Waals surface area contributed by atoms with Gasteiger partial charge in [0.1, 0.15) is 5.82 Å². The highest BCUT2D eigenvalue weighted by atomic mass is 19.1. The number of methoxy groups -OCH3 is 1. The van der Waals surface area contributed by atoms with E-state index in [4.69, 9.17) is 4.74 Å². The quantitative estimate of drug-likeness (QED) is 0.601. The minimum Gasteiger partial charge on any atom is -0.383 e. The van der Waals surface area contributed by atoms with Crippen molar-refractivity contribution in [2.24, 2.45) is 0 Å². The van der Waals surface area contributed by atoms with Gasteiger partial charge in [0.15, 0.2) is 0 Å². The Morgan fingerprint density at radius 1 is 1.59 bits per heavy atom. The molecule has 0 unspecified atom stereocenters. The van der Waals surface area contributed by atoms with E-state index < -0.39 is 10.7 Å². The Balaban J connectivity index is 2.56. The van der Waals surface area contributed by atoms with Gasteiger partial charge in [0.05, 0.1) is 41.2 Å². The average Bonchev–Trinajstić information content (AvgIpc) is 2.68. The molecule has 1 aromatic heterocycles. The predicted molar refractivity (Wildman–Crippen MR) is 58.2 cm³/mol. The van der Waals surface area contributed by atoms with E-state index in [-0.39, 0.29) is 5.69 Å². The van der Waals surface area contributed by atoms with Crippen LogP contribution in [0, 0.1) is 15.9 Å². The van der Waals surface area contributed by atoms with Gasteiger partial charge in [-0.3, -0.25) is 14.8 Å². The Labute approximate surface area is 95.7 Å². The SMILES string of the molecule is COCCn1ncc2c([N+](=O)[O-])cc(F)cc21. The summed E-state index contributed by atoms with van der Waals surface area (Å²) in [6, 6.07) is 2.12. The summed E-state index contributed by atoms with van der Waals surface area (Å²) in [6.07, 6.45) is 1.36. The molecule has 0 amide bonds. The molecule has 0 spiro atoms. The van der Waals surface area contributed by atoms with Crippen LogP contribution in [0.4, 0.5) is 10.1 Å². The van der Waals surface area contributed by atoms with Gasteiger partial charge in [0, 0.05) is 13.2 Å². The molecule has 6 nitrogen and oxygen atoms in total. The fraction of sp³-hybridized carbons (Fsp3) is 0.300. The van der Waals surface area contributed by atoms with Crippen LogP contribution in [0.5, 0.6) is 0 Å². The van der Waals surface area contributed by atoms with E-state index in [1.54, 1.807) is 0 Å². The number of rotatable bonds is 4. The molecule has 1 heterocycles. The van der Waals surface area contributed by atoms with E-state index >= 15 is 0 Å². The summed E-state index contributed by atoms with van der Waals surface area (Å²) in [7, 11) is 1.54. The number of nitro benzene ring substituents is 1. The third-order valence-electron chi connectivity index (χ3n) is 2.41. The standard InChI is InChI=1S/C10H10FN3O3/c1-17-3-2-13-9-4-7(11)5-10(14(15)16)8(9)6-12-13/h4-6H,2-3H2,1H3. The van der Waals surface area contributed by atoms with Crippen molar-refractivity contribution < 1.29 is 14.1 Å². The molecule has 0 saturated carbocycles. The molecule has 0 aliphatic heterocycles. The van der Waals surface area contributed by atoms with Gasteiger partial charge in [-0.05, 0) is 0 Å². The Morgan fingerprint density at radius 2 is 2.35 bits per heavy atom. The summed E-state index contributed by atoms with van der Waals surface area (Å²) in [6.45, 7) is 0.821. The number of nitro groups is 1. The molecule has 0 bridgehead atoms. The second kappa shape index (κ2) is 4.46. The maximum absolute atomic E-state index is 13.3. The van der Waals surface area contributed by atoms with Crippen molar-refractivity contribution in [2.45, 2.75) is 6.54 Å². The Hall–Kier alpha value is -2.02. The highest BCUT2D eigenvalue weighted by Crippen LogP contribution is 2.26. The maximum atomic E-state index is 13.3. The highest BCUT2D eigenvalue weighted by Gasteiger charge is 2.17. The van der Waals surface area contributed by atoms with Crippen molar-refractivity contribution in [3.8, 4) is 0 Å². The number of non-ortho nitro benzene ring substituents is 1. The summed E-state index contributed by atoms with van der Waals surface area (Å²) in [5.74, 6) is -0.650. The van der Waals surface area contributed by atoms with Gasteiger partial charge in [-0.25, -0.2) is 4.39 Å². The van der Waals surface area contributed by atoms with E-state index in [2.05, 4.69) is 5.10 Å². The van der Waals surface area contributed by atoms with Crippen LogP contribution in [0.25, 0.3) is 10.9 Å². The van der Waals surface area contributed by atoms with Crippen LogP contribution in [0.1, 0.15) is 0 Å². The number of ether oxygens (including phenoxy) is 1. The zero-order chi connectivity index (χ0) is 12.4. The molecule has 17 heavy (non-hydrogen) atoms. The normalized spacial score (nSPS) is 10.9. The summed E-state index contributed by atoms with van der Waals surface area (Å²) in [5.41, 5.74) is 0.123. The number of fused-ring (bicyclic) bond motifs is 1. The van der Waals surface area contributed by atoms with E-state index in [0.717, 1.165) is 6.07 Å². The van der Waals surface area contributed by atoms with Gasteiger partial charge in [-0.2, -0.15) is 5.10 Å². The zero-order valence-electron chi connectivity index (χ0n) is 9.09. The number of hydrogen-bond donors (Lipinski definition) is 0. The van der Waals surface area contributed by atoms with Crippen molar-refractivity contribution in [1.82, 2.24) is 9.78 Å². The molecule has 90 valence electrons. The van der Waals surface area contributed by atoms with Crippen LogP contribution in [0.3, 0.4) is 0 Å². The lowest BCUT2D eigenvalue weighted by molar-refractivity contribution is -0.383. The first-order chi connectivity index (χ1) is 8.13. The van der Waals surface area contributed by atoms with E-state index in [1.807, 2.05) is 0 Å². The van der Waals surface area contributed by atoms with Crippen LogP contribution in [0.2, 0.25) is 0 Å². The van der Waals surface area contributed by atoms with Crippen LogP contribution < -0.4 is 0 Å². The lowest BCUT2D eigenvalue weighted by atomic mass is 10.2. The van der Waals surface area contributed by atoms with Crippen LogP contribution in [-0.4, -0.2) is 28.4 Å². The number of halogens is 1. The van der Waals surface area contributed by atoms with Crippen LogP contribution in [0.15, 0.2) is 18.3 Å². The minimum atomic E-state index is -0.650. The lowest BCUT2D eigenvalue weighted by Crippen LogP contribution is -2.05. The highest BCUT2D eigenvalue weighted by molar-refractivity contribution is 5.88. The smallest absolute Gasteiger partial charge is 0.283 e. The Bertz CT molecular complexity index is 567. The molecule has 0 N–H and O–H groups in total. The maximum Gasteiger partial charge on any atom is 0.283 e. The molecule has 1 aromatic carbocycles. The summed E-state index contributed by atoms with van der Waals surface area (Å²) in [5, 5.41) is 15.1. The Kier molecular flexibility index (Phi) is 3.01. The number of benzene rings is 1. The van der Waals surface area contributed by atoms with Crippen molar-refractivity contribution >= 4 is 16.6 Å². The summed E-state index contributed by atoms with van der Waals surface area (Å²) < 4.78 is 19.6. The topological polar surface area (TPSA) is 70.2 Å². The van der Waals surface area contributed by atoms with Gasteiger partial charge in [0.2, 0.25) is 0 Å². The number of nitrogens with zero attached hydrogens (tertiary/aromatic N) is 3. The fourth-order valence-corrected chi connectivity index (χ4v) is 1.63. The molecule has 0 aliphatic rings. The molecule has 0 aliphatic carbocycles. The summed E-state index contributed by atoms with van der Waals surface area (Å²) >= 11 is 0. The molecule has 0 fully saturated rings. The molecule has 0 radical (unpaired) electrons. The van der Waals surface area contributed by atoms with Gasteiger partial charge in [0.25, 0.3) is 5.69 Å². The van der Waals surface area contributed by atoms with Gasteiger partial charge >= 0.3 is 0 Å². The lowest BCUT2D eigenvalue weighted by Gasteiger charge is -2.02. The van der Waals surface area contributed by atoms with Crippen LogP contribution in [-0.2, 0) is 11.3 Å². The third kappa shape index (κ3) is 2.09.